The van der Waals surface area contributed by atoms with E-state index in [0.29, 0.717) is 23.1 Å². The summed E-state index contributed by atoms with van der Waals surface area (Å²) in [6, 6.07) is 12.5. The summed E-state index contributed by atoms with van der Waals surface area (Å²) in [5.74, 6) is -1.40. The zero-order valence-corrected chi connectivity index (χ0v) is 15.8. The maximum Gasteiger partial charge on any atom is 0.357 e. The molecule has 0 aliphatic carbocycles. The van der Waals surface area contributed by atoms with Gasteiger partial charge in [-0.25, -0.2) is 4.79 Å². The smallest absolute Gasteiger partial charge is 0.357 e. The second kappa shape index (κ2) is 7.38. The first-order chi connectivity index (χ1) is 13.9. The summed E-state index contributed by atoms with van der Waals surface area (Å²) in [6.45, 7) is 2.10. The highest BCUT2D eigenvalue weighted by Crippen LogP contribution is 2.32. The highest BCUT2D eigenvalue weighted by Gasteiger charge is 2.30. The highest BCUT2D eigenvalue weighted by atomic mass is 16.4. The van der Waals surface area contributed by atoms with E-state index >= 15 is 0 Å². The Balaban J connectivity index is 1.55. The summed E-state index contributed by atoms with van der Waals surface area (Å²) >= 11 is 0. The predicted octanol–water partition coefficient (Wildman–Crippen LogP) is 2.74. The molecule has 1 unspecified atom stereocenters. The lowest BCUT2D eigenvalue weighted by Gasteiger charge is -2.36. The largest absolute Gasteiger partial charge is 0.476 e. The Morgan fingerprint density at radius 3 is 2.79 bits per heavy atom. The number of anilines is 1. The Bertz CT molecular complexity index is 1120. The average molecular weight is 392 g/mol. The predicted molar refractivity (Wildman–Crippen MR) is 107 cm³/mol. The van der Waals surface area contributed by atoms with Crippen molar-refractivity contribution in [1.82, 2.24) is 15.1 Å². The van der Waals surface area contributed by atoms with Crippen molar-refractivity contribution < 1.29 is 19.5 Å². The van der Waals surface area contributed by atoms with Gasteiger partial charge in [-0.2, -0.15) is 5.10 Å². The van der Waals surface area contributed by atoms with Crippen molar-refractivity contribution in [3.8, 4) is 0 Å². The molecule has 0 saturated carbocycles. The van der Waals surface area contributed by atoms with E-state index in [1.54, 1.807) is 23.1 Å². The molecule has 0 saturated heterocycles. The van der Waals surface area contributed by atoms with Crippen molar-refractivity contribution in [2.45, 2.75) is 25.8 Å². The van der Waals surface area contributed by atoms with Gasteiger partial charge in [-0.05, 0) is 35.7 Å². The summed E-state index contributed by atoms with van der Waals surface area (Å²) in [7, 11) is 0. The van der Waals surface area contributed by atoms with Crippen LogP contribution < -0.4 is 5.32 Å². The summed E-state index contributed by atoms with van der Waals surface area (Å²) in [4.78, 5) is 37.7. The molecule has 2 heterocycles. The van der Waals surface area contributed by atoms with Gasteiger partial charge in [0, 0.05) is 24.5 Å². The van der Waals surface area contributed by atoms with Gasteiger partial charge in [-0.3, -0.25) is 14.7 Å². The Kier molecular flexibility index (Phi) is 4.75. The van der Waals surface area contributed by atoms with Gasteiger partial charge >= 0.3 is 5.97 Å². The van der Waals surface area contributed by atoms with Crippen LogP contribution in [0.3, 0.4) is 0 Å². The third kappa shape index (κ3) is 3.56. The molecule has 8 heteroatoms. The number of aromatic carboxylic acids is 1. The first kappa shape index (κ1) is 18.7. The Morgan fingerprint density at radius 2 is 2.03 bits per heavy atom. The minimum atomic E-state index is -1.12. The van der Waals surface area contributed by atoms with Crippen molar-refractivity contribution in [3.05, 3.63) is 59.3 Å². The van der Waals surface area contributed by atoms with Crippen molar-refractivity contribution in [2.24, 2.45) is 0 Å². The molecule has 0 radical (unpaired) electrons. The Hall–Kier alpha value is -3.68. The van der Waals surface area contributed by atoms with Gasteiger partial charge in [-0.15, -0.1) is 0 Å². The number of hydrogen-bond acceptors (Lipinski definition) is 4. The first-order valence-electron chi connectivity index (χ1n) is 9.30. The molecule has 4 rings (SSSR count). The molecular weight excluding hydrogens is 372 g/mol. The van der Waals surface area contributed by atoms with E-state index in [1.807, 2.05) is 24.3 Å². The molecule has 3 aromatic rings. The maximum atomic E-state index is 12.7. The fraction of sp³-hybridized carbons (Fsp3) is 0.238. The van der Waals surface area contributed by atoms with Crippen LogP contribution in [-0.2, 0) is 16.0 Å². The topological polar surface area (TPSA) is 115 Å². The minimum absolute atomic E-state index is 0.0580. The molecule has 0 bridgehead atoms. The lowest BCUT2D eigenvalue weighted by atomic mass is 9.90. The van der Waals surface area contributed by atoms with Gasteiger partial charge in [0.25, 0.3) is 0 Å². The molecule has 1 atom stereocenters. The molecule has 148 valence electrons. The minimum Gasteiger partial charge on any atom is -0.476 e. The molecule has 2 aromatic carbocycles. The molecule has 2 amide bonds. The number of amides is 2. The summed E-state index contributed by atoms with van der Waals surface area (Å²) in [5, 5.41) is 18.9. The van der Waals surface area contributed by atoms with Crippen LogP contribution in [0.1, 0.15) is 41.0 Å². The number of carbonyl (C=O) groups is 3. The van der Waals surface area contributed by atoms with Gasteiger partial charge < -0.3 is 15.3 Å². The number of rotatable bonds is 4. The molecule has 0 spiro atoms. The maximum absolute atomic E-state index is 12.7. The van der Waals surface area contributed by atoms with E-state index in [1.165, 1.54) is 6.92 Å². The molecule has 8 nitrogen and oxygen atoms in total. The van der Waals surface area contributed by atoms with Crippen LogP contribution in [0.4, 0.5) is 5.69 Å². The number of carbonyl (C=O) groups excluding carboxylic acids is 2. The van der Waals surface area contributed by atoms with E-state index in [4.69, 9.17) is 5.11 Å². The highest BCUT2D eigenvalue weighted by molar-refractivity contribution is 6.02. The molecule has 3 N–H and O–H groups in total. The van der Waals surface area contributed by atoms with E-state index in [9.17, 15) is 14.4 Å². The monoisotopic (exact) mass is 392 g/mol. The van der Waals surface area contributed by atoms with E-state index < -0.39 is 5.97 Å². The fourth-order valence-electron chi connectivity index (χ4n) is 3.90. The number of nitrogens with one attached hydrogen (secondary N) is 2. The summed E-state index contributed by atoms with van der Waals surface area (Å²) in [6.07, 6.45) is 0.911. The van der Waals surface area contributed by atoms with Crippen LogP contribution in [0.5, 0.6) is 0 Å². The normalized spacial score (nSPS) is 15.8. The number of fused-ring (bicyclic) bond motifs is 2. The van der Waals surface area contributed by atoms with Crippen LogP contribution in [0.2, 0.25) is 0 Å². The molecule has 29 heavy (non-hydrogen) atoms. The van der Waals surface area contributed by atoms with Crippen molar-refractivity contribution in [1.29, 1.82) is 0 Å². The van der Waals surface area contributed by atoms with Crippen LogP contribution >= 0.6 is 0 Å². The van der Waals surface area contributed by atoms with Crippen molar-refractivity contribution in [3.63, 3.8) is 0 Å². The number of aromatic nitrogens is 2. The number of aromatic amines is 1. The zero-order valence-electron chi connectivity index (χ0n) is 15.8. The number of hydrogen-bond donors (Lipinski definition) is 3. The lowest BCUT2D eigenvalue weighted by molar-refractivity contribution is -0.132. The van der Waals surface area contributed by atoms with E-state index in [0.717, 1.165) is 17.5 Å². The Labute approximate surface area is 166 Å². The van der Waals surface area contributed by atoms with Crippen LogP contribution in [0.15, 0.2) is 42.5 Å². The number of carboxylic acid groups (broad SMARTS) is 1. The van der Waals surface area contributed by atoms with E-state index in [2.05, 4.69) is 15.5 Å². The molecule has 1 aromatic heterocycles. The van der Waals surface area contributed by atoms with Crippen LogP contribution in [0.25, 0.3) is 10.9 Å². The van der Waals surface area contributed by atoms with Gasteiger partial charge in [0.2, 0.25) is 11.8 Å². The van der Waals surface area contributed by atoms with Crippen LogP contribution in [-0.4, -0.2) is 44.5 Å². The molecule has 0 fully saturated rings. The van der Waals surface area contributed by atoms with E-state index in [-0.39, 0.29) is 30.0 Å². The van der Waals surface area contributed by atoms with Crippen molar-refractivity contribution >= 4 is 34.4 Å². The molecule has 1 aliphatic rings. The van der Waals surface area contributed by atoms with Crippen molar-refractivity contribution in [2.75, 3.05) is 11.9 Å². The zero-order chi connectivity index (χ0) is 20.5. The standard InChI is InChI=1S/C21H20N4O4/c1-12(26)25-9-8-13-4-2-3-5-15(13)18(25)11-19(27)22-14-6-7-16-17(10-14)23-24-20(16)21(28)29/h2-7,10,18H,8-9,11H2,1H3,(H,22,27)(H,23,24)(H,28,29). The lowest BCUT2D eigenvalue weighted by Crippen LogP contribution is -2.40. The average Bonchev–Trinajstić information content (AvgIpc) is 3.11. The first-order valence-corrected chi connectivity index (χ1v) is 9.30. The van der Waals surface area contributed by atoms with Crippen LogP contribution in [0, 0.1) is 0 Å². The molecule has 1 aliphatic heterocycles. The summed E-state index contributed by atoms with van der Waals surface area (Å²) in [5.41, 5.74) is 3.14. The second-order valence-electron chi connectivity index (χ2n) is 7.07. The number of H-pyrrole nitrogens is 1. The third-order valence-corrected chi connectivity index (χ3v) is 5.24. The number of benzene rings is 2. The van der Waals surface area contributed by atoms with Gasteiger partial charge in [0.05, 0.1) is 18.0 Å². The molecular formula is C21H20N4O4. The Morgan fingerprint density at radius 1 is 1.24 bits per heavy atom. The van der Waals surface area contributed by atoms with Gasteiger partial charge in [-0.1, -0.05) is 24.3 Å². The number of nitrogens with zero attached hydrogens (tertiary/aromatic N) is 2. The SMILES string of the molecule is CC(=O)N1CCc2ccccc2C1CC(=O)Nc1ccc2c(C(=O)O)n[nH]c2c1. The van der Waals surface area contributed by atoms with Gasteiger partial charge in [0.1, 0.15) is 0 Å². The fourth-order valence-corrected chi connectivity index (χ4v) is 3.90. The summed E-state index contributed by atoms with van der Waals surface area (Å²) < 4.78 is 0. The third-order valence-electron chi connectivity index (χ3n) is 5.24. The van der Waals surface area contributed by atoms with Gasteiger partial charge in [0.15, 0.2) is 5.69 Å². The second-order valence-corrected chi connectivity index (χ2v) is 7.07. The number of carboxylic acids is 1. The quantitative estimate of drug-likeness (QED) is 0.631.